The number of carbonyl (C=O) groups is 15. The van der Waals surface area contributed by atoms with Gasteiger partial charge in [0.15, 0.2) is 11.9 Å². The molecule has 738 valence electrons. The predicted octanol–water partition coefficient (Wildman–Crippen LogP) is -9.33. The Bertz CT molecular complexity index is 4180. The molecule has 0 unspecified atom stereocenters. The van der Waals surface area contributed by atoms with Gasteiger partial charge >= 0.3 is 5.97 Å². The maximum absolute atomic E-state index is 14.9. The maximum Gasteiger partial charge on any atom is 0.326 e. The number of likely N-dealkylation sites (tertiary alicyclic amines) is 1. The average molecular weight is 1870 g/mol. The number of guanidine groups is 2. The molecular weight excluding hydrogens is 1720 g/mol. The van der Waals surface area contributed by atoms with Crippen molar-refractivity contribution in [1.82, 2.24) is 94.0 Å². The number of unbranched alkanes of at least 4 members (excludes halogenated alkanes) is 4. The minimum atomic E-state index is -1.93. The first-order valence-electron chi connectivity index (χ1n) is 44.6. The summed E-state index contributed by atoms with van der Waals surface area (Å²) in [5, 5.41) is 87.2. The van der Waals surface area contributed by atoms with E-state index in [2.05, 4.69) is 99.0 Å². The Labute approximate surface area is 765 Å². The number of aromatic amines is 2. The monoisotopic (exact) mass is 1860 g/mol. The van der Waals surface area contributed by atoms with Crippen molar-refractivity contribution in [3.63, 3.8) is 0 Å². The van der Waals surface area contributed by atoms with Crippen LogP contribution in [0.5, 0.6) is 0 Å². The molecule has 49 nitrogen and oxygen atoms in total. The fourth-order valence-corrected chi connectivity index (χ4v) is 14.2. The van der Waals surface area contributed by atoms with Crippen LogP contribution in [0.25, 0.3) is 0 Å². The summed E-state index contributed by atoms with van der Waals surface area (Å²) in [6.07, 6.45) is 2.16. The number of benzene rings is 1. The molecule has 18 atom stereocenters. The SMILES string of the molecule is CC(C)C[C@H](NC(=O)[C@@H](NC(=O)[C@H](Cc1ccccc1)NC(=O)[C@H](CCCCN)NC(=O)[C@H](CCCCN)NC(=O)[C@@H](NC(=O)[C@@H]1CCCN1C(=O)[C@@H](N)CCCN=C(N)N)[C@@H](C)O)[C@@H](C)O)C(=O)N[C@H](C(=O)N[C@@H](Cc1cnc[nH]1)C(=O)N[C@@H](CCCCN)C(=O)N[C@@H](Cc1cnc[nH]1)C(=O)N[C@@H](CO)C(=O)N[C@@H](CCCCN)C(=O)N[C@@H](CCCN=C(N)N)C(=O)O)[C@@H](C)O. The molecule has 132 heavy (non-hydrogen) atoms. The quantitative estimate of drug-likeness (QED) is 0.0142. The summed E-state index contributed by atoms with van der Waals surface area (Å²) >= 11 is 0. The first-order chi connectivity index (χ1) is 62.8. The smallest absolute Gasteiger partial charge is 0.326 e. The van der Waals surface area contributed by atoms with Crippen LogP contribution in [0.3, 0.4) is 0 Å². The van der Waals surface area contributed by atoms with Gasteiger partial charge in [0.05, 0.1) is 43.6 Å². The summed E-state index contributed by atoms with van der Waals surface area (Å²) < 4.78 is 0. The van der Waals surface area contributed by atoms with Gasteiger partial charge in [0.1, 0.15) is 84.6 Å². The molecule has 38 N–H and O–H groups in total. The van der Waals surface area contributed by atoms with Crippen LogP contribution in [0.2, 0.25) is 0 Å². The molecule has 0 aliphatic carbocycles. The number of hydrogen-bond donors (Lipinski definition) is 29. The summed E-state index contributed by atoms with van der Waals surface area (Å²) in [5.41, 5.74) is 52.1. The van der Waals surface area contributed by atoms with Gasteiger partial charge in [-0.25, -0.2) is 14.8 Å². The van der Waals surface area contributed by atoms with Crippen LogP contribution in [-0.4, -0.2) is 312 Å². The minimum Gasteiger partial charge on any atom is -0.480 e. The van der Waals surface area contributed by atoms with Crippen LogP contribution in [0, 0.1) is 5.92 Å². The summed E-state index contributed by atoms with van der Waals surface area (Å²) in [4.78, 5) is 237. The van der Waals surface area contributed by atoms with E-state index in [-0.39, 0.29) is 172 Å². The predicted molar refractivity (Wildman–Crippen MR) is 483 cm³/mol. The molecule has 1 aliphatic rings. The van der Waals surface area contributed by atoms with Crippen molar-refractivity contribution in [2.24, 2.45) is 67.5 Å². The Hall–Kier alpha value is -12.1. The van der Waals surface area contributed by atoms with E-state index in [0.717, 1.165) is 13.8 Å². The summed E-state index contributed by atoms with van der Waals surface area (Å²) in [6.45, 7) is 6.92. The lowest BCUT2D eigenvalue weighted by Crippen LogP contribution is -2.63. The van der Waals surface area contributed by atoms with E-state index in [9.17, 15) is 97.5 Å². The summed E-state index contributed by atoms with van der Waals surface area (Å²) in [6, 6.07) is -14.9. The van der Waals surface area contributed by atoms with Gasteiger partial charge in [-0.05, 0) is 180 Å². The highest BCUT2D eigenvalue weighted by molar-refractivity contribution is 6.01. The van der Waals surface area contributed by atoms with Gasteiger partial charge < -0.3 is 161 Å². The van der Waals surface area contributed by atoms with Crippen LogP contribution in [0.1, 0.15) is 174 Å². The molecule has 0 radical (unpaired) electrons. The number of aromatic nitrogens is 4. The van der Waals surface area contributed by atoms with Gasteiger partial charge in [-0.3, -0.25) is 77.1 Å². The number of aliphatic carboxylic acids is 1. The number of H-pyrrole nitrogens is 2. The summed E-state index contributed by atoms with van der Waals surface area (Å²) in [7, 11) is 0. The minimum absolute atomic E-state index is 0.0464. The zero-order valence-corrected chi connectivity index (χ0v) is 75.7. The second-order valence-electron chi connectivity index (χ2n) is 33.0. The first kappa shape index (κ1) is 112. The molecular formula is C83H141N29O20. The number of carboxylic acid groups (broad SMARTS) is 1. The Morgan fingerprint density at radius 2 is 0.758 bits per heavy atom. The third-order valence-electron chi connectivity index (χ3n) is 21.5. The van der Waals surface area contributed by atoms with E-state index in [4.69, 9.17) is 51.6 Å². The van der Waals surface area contributed by atoms with E-state index in [0.29, 0.717) is 44.1 Å². The van der Waals surface area contributed by atoms with Crippen molar-refractivity contribution in [2.45, 2.75) is 285 Å². The molecule has 2 aromatic heterocycles. The highest BCUT2D eigenvalue weighted by Crippen LogP contribution is 2.21. The van der Waals surface area contributed by atoms with Crippen molar-refractivity contribution in [1.29, 1.82) is 0 Å². The van der Waals surface area contributed by atoms with Crippen molar-refractivity contribution < 1.29 is 97.5 Å². The van der Waals surface area contributed by atoms with Gasteiger partial charge in [0.2, 0.25) is 82.7 Å². The zero-order chi connectivity index (χ0) is 98.1. The van der Waals surface area contributed by atoms with E-state index in [1.54, 1.807) is 44.2 Å². The number of amides is 14. The molecule has 0 saturated carbocycles. The van der Waals surface area contributed by atoms with Crippen LogP contribution < -0.4 is 121 Å². The van der Waals surface area contributed by atoms with Gasteiger partial charge in [0.25, 0.3) is 0 Å². The van der Waals surface area contributed by atoms with E-state index < -0.39 is 210 Å². The third kappa shape index (κ3) is 40.3. The molecule has 0 spiro atoms. The average Bonchev–Trinajstić information content (AvgIpc) is 1.23. The highest BCUT2D eigenvalue weighted by Gasteiger charge is 2.43. The largest absolute Gasteiger partial charge is 0.480 e. The lowest BCUT2D eigenvalue weighted by Gasteiger charge is -2.30. The lowest BCUT2D eigenvalue weighted by atomic mass is 10.0. The van der Waals surface area contributed by atoms with Gasteiger partial charge in [-0.1, -0.05) is 44.2 Å². The fraction of sp³-hybridized carbons (Fsp3) is 0.651. The third-order valence-corrected chi connectivity index (χ3v) is 21.5. The standard InChI is InChI=1S/C83H141N29O20/c1-45(2)36-58(106-78(128)64(46(3)114)110-74(124)59(37-49-20-7-6-8-21-49)104-69(119)54(24-10-14-30-85)99-67(117)56(26-12-16-32-87)102-77(127)66(48(5)116)111-76(126)63-28-19-35-112(63)80(130)52(88)22-17-33-95-82(89)90)73(123)109-65(47(4)115)79(129)107-61(39-51-41-94-44-98-51)71(121)100-55(25-11-15-31-86)70(120)105-60(38-50-40-93-43-97-50)72(122)108-62(42-113)75(125)101-53(23-9-13-29-84)68(118)103-57(81(131)132)27-18-34-96-83(91)92/h6-8,20-21,40-41,43-48,52-66,113-116H,9-19,22-39,42,84-88H2,1-5H3,(H,93,97)(H,94,98)(H,99,117)(H,100,121)(H,101,125)(H,102,127)(H,103,118)(H,104,119)(H,105,120)(H,106,128)(H,107,129)(H,108,122)(H,109,123)(H,110,124)(H,111,126)(H,131,132)(H4,89,90,95)(H4,91,92,96)/t46-,47-,48-,52+,53+,54+,55+,56+,57+,58+,59+,60+,61+,62+,63+,64+,65+,66+/m1/s1. The molecule has 49 heteroatoms. The number of nitrogens with one attached hydrogen (secondary N) is 15. The lowest BCUT2D eigenvalue weighted by molar-refractivity contribution is -0.142. The van der Waals surface area contributed by atoms with Crippen LogP contribution in [0.15, 0.2) is 65.4 Å². The van der Waals surface area contributed by atoms with Crippen molar-refractivity contribution in [2.75, 3.05) is 52.4 Å². The molecule has 1 saturated heterocycles. The van der Waals surface area contributed by atoms with Gasteiger partial charge in [-0.2, -0.15) is 0 Å². The molecule has 1 fully saturated rings. The number of nitrogens with two attached hydrogens (primary N) is 9. The van der Waals surface area contributed by atoms with Crippen LogP contribution in [0.4, 0.5) is 0 Å². The van der Waals surface area contributed by atoms with E-state index in [1.165, 1.54) is 36.9 Å². The number of carbonyl (C=O) groups excluding carboxylic acids is 14. The van der Waals surface area contributed by atoms with Gasteiger partial charge in [0, 0.05) is 62.7 Å². The molecule has 1 aromatic carbocycles. The zero-order valence-electron chi connectivity index (χ0n) is 75.7. The number of aliphatic hydroxyl groups excluding tert-OH is 4. The van der Waals surface area contributed by atoms with Crippen LogP contribution in [-0.2, 0) is 91.2 Å². The maximum atomic E-state index is 14.9. The van der Waals surface area contributed by atoms with Crippen molar-refractivity contribution in [3.05, 3.63) is 72.3 Å². The second kappa shape index (κ2) is 60.0. The Morgan fingerprint density at radius 1 is 0.424 bits per heavy atom. The Balaban J connectivity index is 1.60. The second-order valence-corrected chi connectivity index (χ2v) is 33.0. The Kier molecular flexibility index (Phi) is 51.0. The van der Waals surface area contributed by atoms with Crippen LogP contribution >= 0.6 is 0 Å². The number of nitrogens with zero attached hydrogens (tertiary/aromatic N) is 5. The van der Waals surface area contributed by atoms with E-state index >= 15 is 0 Å². The molecule has 1 aliphatic heterocycles. The molecule has 0 bridgehead atoms. The molecule has 3 aromatic rings. The van der Waals surface area contributed by atoms with Crippen molar-refractivity contribution >= 4 is 101 Å². The first-order valence-corrected chi connectivity index (χ1v) is 44.6. The fourth-order valence-electron chi connectivity index (χ4n) is 14.2. The number of imidazole rings is 2. The topological polar surface area (TPSA) is 833 Å². The molecule has 14 amide bonds. The molecule has 4 rings (SSSR count). The number of aliphatic imine (C=N–C) groups is 2. The summed E-state index contributed by atoms with van der Waals surface area (Å²) in [5.74, 6) is -15.9. The molecule has 3 heterocycles. The van der Waals surface area contributed by atoms with E-state index in [1.807, 2.05) is 0 Å². The normalized spacial score (nSPS) is 16.3. The number of hydrogen-bond acceptors (Lipinski definition) is 28. The van der Waals surface area contributed by atoms with Gasteiger partial charge in [-0.15, -0.1) is 0 Å². The number of rotatable bonds is 64. The Morgan fingerprint density at radius 3 is 1.14 bits per heavy atom. The highest BCUT2D eigenvalue weighted by atomic mass is 16.4. The van der Waals surface area contributed by atoms with Crippen molar-refractivity contribution in [3.8, 4) is 0 Å². The number of carboxylic acids is 1. The number of aliphatic hydroxyl groups is 4.